The van der Waals surface area contributed by atoms with Crippen LogP contribution < -0.4 is 5.11 Å². The Kier molecular flexibility index (Phi) is 11.6. The molecule has 0 rings (SSSR count). The molecule has 0 amide bonds. The summed E-state index contributed by atoms with van der Waals surface area (Å²) in [5, 5.41) is 29.9. The highest BCUT2D eigenvalue weighted by Crippen LogP contribution is 2.21. The Morgan fingerprint density at radius 1 is 0.889 bits per heavy atom. The van der Waals surface area contributed by atoms with Crippen molar-refractivity contribution in [1.82, 2.24) is 0 Å². The van der Waals surface area contributed by atoms with Gasteiger partial charge in [0, 0.05) is 11.9 Å². The lowest BCUT2D eigenvalue weighted by Gasteiger charge is -2.39. The summed E-state index contributed by atoms with van der Waals surface area (Å²) >= 11 is 0. The number of unbranched alkanes of at least 4 members (excludes halogenated alkanes) is 4. The number of allylic oxidation sites excluding steroid dienone is 1. The molecule has 0 radical (unpaired) electrons. The van der Waals surface area contributed by atoms with Crippen LogP contribution in [-0.4, -0.2) is 52.2 Å². The number of carboxylic acids is 3. The molecule has 0 saturated heterocycles. The van der Waals surface area contributed by atoms with E-state index in [1.165, 1.54) is 6.92 Å². The van der Waals surface area contributed by atoms with E-state index >= 15 is 0 Å². The van der Waals surface area contributed by atoms with Gasteiger partial charge >= 0.3 is 11.9 Å². The van der Waals surface area contributed by atoms with Crippen LogP contribution in [0.5, 0.6) is 0 Å². The van der Waals surface area contributed by atoms with E-state index < -0.39 is 35.7 Å². The van der Waals surface area contributed by atoms with E-state index in [1.54, 1.807) is 13.8 Å². The summed E-state index contributed by atoms with van der Waals surface area (Å²) < 4.78 is 0.00383. The molecule has 0 aromatic heterocycles. The maximum Gasteiger partial charge on any atom is 0.311 e. The van der Waals surface area contributed by atoms with Gasteiger partial charge in [-0.3, -0.25) is 14.1 Å². The first-order chi connectivity index (χ1) is 12.5. The van der Waals surface area contributed by atoms with Crippen LogP contribution >= 0.6 is 0 Å². The fourth-order valence-corrected chi connectivity index (χ4v) is 3.26. The van der Waals surface area contributed by atoms with Crippen molar-refractivity contribution in [3.8, 4) is 0 Å². The molecule has 0 aliphatic heterocycles. The highest BCUT2D eigenvalue weighted by atomic mass is 16.4. The molecule has 0 saturated carbocycles. The highest BCUT2D eigenvalue weighted by Gasteiger charge is 2.35. The Hall–Kier alpha value is -1.89. The molecule has 0 heterocycles. The van der Waals surface area contributed by atoms with E-state index in [1.807, 2.05) is 12.3 Å². The molecule has 3 atom stereocenters. The summed E-state index contributed by atoms with van der Waals surface area (Å²) in [6.45, 7) is 7.11. The van der Waals surface area contributed by atoms with Crippen molar-refractivity contribution in [1.29, 1.82) is 0 Å². The topological polar surface area (TPSA) is 115 Å². The molecule has 0 aliphatic rings. The standard InChI is InChI=1S/C20H35NO6/c1-5-6-7-8-9-10-11-21(12-15(2)18(22)23,13-16(3)19(24)25)14-17(4)20(26)27/h10-11,15-17H,5-9,12-14H2,1-4H3,(H2-,22,23,24,25,26,27)/b11-10+. The third-order valence-electron chi connectivity index (χ3n) is 4.80. The minimum Gasteiger partial charge on any atom is -0.550 e. The molecule has 0 aliphatic carbocycles. The van der Waals surface area contributed by atoms with Crippen molar-refractivity contribution >= 4 is 17.9 Å². The van der Waals surface area contributed by atoms with Crippen LogP contribution in [0.15, 0.2) is 12.3 Å². The monoisotopic (exact) mass is 385 g/mol. The Labute approximate surface area is 162 Å². The Morgan fingerprint density at radius 2 is 1.37 bits per heavy atom. The van der Waals surface area contributed by atoms with Crippen LogP contribution in [0.4, 0.5) is 0 Å². The molecule has 27 heavy (non-hydrogen) atoms. The first kappa shape index (κ1) is 25.1. The van der Waals surface area contributed by atoms with Gasteiger partial charge in [-0.2, -0.15) is 0 Å². The van der Waals surface area contributed by atoms with Gasteiger partial charge in [0.05, 0.1) is 25.8 Å². The molecular formula is C20H35NO6. The lowest BCUT2D eigenvalue weighted by Crippen LogP contribution is -2.54. The predicted molar refractivity (Wildman–Crippen MR) is 101 cm³/mol. The van der Waals surface area contributed by atoms with Crippen LogP contribution in [0.2, 0.25) is 0 Å². The minimum absolute atomic E-state index is 0.00383. The SMILES string of the molecule is CCCCCC/C=C/[N+](CC(C)C(=O)[O-])(CC(C)C(=O)O)CC(C)C(=O)O. The number of rotatable bonds is 15. The fraction of sp³-hybridized carbons (Fsp3) is 0.750. The third kappa shape index (κ3) is 10.1. The second kappa shape index (κ2) is 12.5. The molecule has 2 N–H and O–H groups in total. The zero-order valence-electron chi connectivity index (χ0n) is 17.0. The Balaban J connectivity index is 5.59. The van der Waals surface area contributed by atoms with Gasteiger partial charge in [0.25, 0.3) is 0 Å². The molecule has 3 unspecified atom stereocenters. The van der Waals surface area contributed by atoms with Crippen LogP contribution in [0, 0.1) is 17.8 Å². The Morgan fingerprint density at radius 3 is 1.78 bits per heavy atom. The average Bonchev–Trinajstić information content (AvgIpc) is 2.57. The van der Waals surface area contributed by atoms with Crippen molar-refractivity contribution in [2.24, 2.45) is 17.8 Å². The molecule has 0 aromatic rings. The molecule has 156 valence electrons. The largest absolute Gasteiger partial charge is 0.550 e. The summed E-state index contributed by atoms with van der Waals surface area (Å²) in [4.78, 5) is 34.1. The molecule has 7 nitrogen and oxygen atoms in total. The van der Waals surface area contributed by atoms with Gasteiger partial charge < -0.3 is 20.1 Å². The summed E-state index contributed by atoms with van der Waals surface area (Å²) in [5.41, 5.74) is 0. The van der Waals surface area contributed by atoms with Gasteiger partial charge in [-0.15, -0.1) is 0 Å². The molecule has 7 heteroatoms. The number of carbonyl (C=O) groups is 3. The average molecular weight is 386 g/mol. The minimum atomic E-state index is -1.22. The maximum atomic E-state index is 11.4. The predicted octanol–water partition coefficient (Wildman–Crippen LogP) is 2.11. The Bertz CT molecular complexity index is 462. The van der Waals surface area contributed by atoms with Gasteiger partial charge in [-0.25, -0.2) is 0 Å². The van der Waals surface area contributed by atoms with E-state index in [2.05, 4.69) is 6.92 Å². The summed E-state index contributed by atoms with van der Waals surface area (Å²) in [6, 6.07) is 0. The van der Waals surface area contributed by atoms with Gasteiger partial charge in [0.2, 0.25) is 0 Å². The normalized spacial score (nSPS) is 17.2. The molecule has 0 aromatic carbocycles. The van der Waals surface area contributed by atoms with Crippen LogP contribution in [0.25, 0.3) is 0 Å². The zero-order chi connectivity index (χ0) is 21.0. The van der Waals surface area contributed by atoms with E-state index in [0.717, 1.165) is 32.1 Å². The quantitative estimate of drug-likeness (QED) is 0.330. The number of quaternary nitrogens is 1. The zero-order valence-corrected chi connectivity index (χ0v) is 17.0. The number of nitrogens with zero attached hydrogens (tertiary/aromatic N) is 1. The van der Waals surface area contributed by atoms with Gasteiger partial charge in [0.1, 0.15) is 11.8 Å². The van der Waals surface area contributed by atoms with E-state index in [0.29, 0.717) is 0 Å². The summed E-state index contributed by atoms with van der Waals surface area (Å²) in [7, 11) is 0. The first-order valence-corrected chi connectivity index (χ1v) is 9.74. The van der Waals surface area contributed by atoms with Crippen LogP contribution in [0.1, 0.15) is 59.8 Å². The number of aliphatic carboxylic acids is 3. The van der Waals surface area contributed by atoms with Gasteiger partial charge in [-0.1, -0.05) is 33.1 Å². The molecule has 0 spiro atoms. The van der Waals surface area contributed by atoms with Crippen LogP contribution in [0.3, 0.4) is 0 Å². The second-order valence-corrected chi connectivity index (χ2v) is 7.70. The van der Waals surface area contributed by atoms with Crippen molar-refractivity contribution < 1.29 is 34.2 Å². The second-order valence-electron chi connectivity index (χ2n) is 7.70. The highest BCUT2D eigenvalue weighted by molar-refractivity contribution is 5.70. The van der Waals surface area contributed by atoms with Crippen molar-refractivity contribution in [2.75, 3.05) is 19.6 Å². The smallest absolute Gasteiger partial charge is 0.311 e. The summed E-state index contributed by atoms with van der Waals surface area (Å²) in [6.07, 6.45) is 8.88. The van der Waals surface area contributed by atoms with E-state index in [9.17, 15) is 29.7 Å². The van der Waals surface area contributed by atoms with Crippen molar-refractivity contribution in [2.45, 2.75) is 59.8 Å². The van der Waals surface area contributed by atoms with E-state index in [-0.39, 0.29) is 24.1 Å². The number of carbonyl (C=O) groups excluding carboxylic acids is 1. The number of hydrogen-bond donors (Lipinski definition) is 2. The maximum absolute atomic E-state index is 11.4. The van der Waals surface area contributed by atoms with Gasteiger partial charge in [-0.05, 0) is 32.8 Å². The van der Waals surface area contributed by atoms with Crippen molar-refractivity contribution in [3.05, 3.63) is 12.3 Å². The van der Waals surface area contributed by atoms with E-state index in [4.69, 9.17) is 0 Å². The third-order valence-corrected chi connectivity index (χ3v) is 4.80. The first-order valence-electron chi connectivity index (χ1n) is 9.74. The summed E-state index contributed by atoms with van der Waals surface area (Å²) in [5.74, 6) is -5.48. The fourth-order valence-electron chi connectivity index (χ4n) is 3.26. The molecule has 0 fully saturated rings. The molecular weight excluding hydrogens is 350 g/mol. The van der Waals surface area contributed by atoms with Crippen molar-refractivity contribution in [3.63, 3.8) is 0 Å². The lowest BCUT2D eigenvalue weighted by atomic mass is 10.0. The number of hydrogen-bond acceptors (Lipinski definition) is 4. The lowest BCUT2D eigenvalue weighted by molar-refractivity contribution is -0.886. The van der Waals surface area contributed by atoms with Crippen LogP contribution in [-0.2, 0) is 14.4 Å². The molecule has 0 bridgehead atoms. The van der Waals surface area contributed by atoms with Gasteiger partial charge in [0.15, 0.2) is 0 Å². The number of carboxylic acid groups (broad SMARTS) is 3.